The van der Waals surface area contributed by atoms with Crippen LogP contribution in [-0.2, 0) is 10.0 Å². The zero-order valence-electron chi connectivity index (χ0n) is 11.0. The summed E-state index contributed by atoms with van der Waals surface area (Å²) in [5.74, 6) is 0.613. The van der Waals surface area contributed by atoms with Crippen molar-refractivity contribution in [2.24, 2.45) is 5.14 Å². The number of nitrogens with zero attached hydrogens (tertiary/aromatic N) is 1. The lowest BCUT2D eigenvalue weighted by Crippen LogP contribution is -2.12. The van der Waals surface area contributed by atoms with Crippen molar-refractivity contribution >= 4 is 15.7 Å². The molecule has 0 amide bonds. The highest BCUT2D eigenvalue weighted by atomic mass is 32.2. The Bertz CT molecular complexity index is 785. The van der Waals surface area contributed by atoms with Gasteiger partial charge in [-0.25, -0.2) is 13.6 Å². The SMILES string of the molecule is COc1ccc(-c2ccc(S(N)(=O)=O)cc2[N+](=O)[O-])cc1. The third-order valence-electron chi connectivity index (χ3n) is 2.90. The monoisotopic (exact) mass is 308 g/mol. The van der Waals surface area contributed by atoms with Gasteiger partial charge in [0.15, 0.2) is 0 Å². The summed E-state index contributed by atoms with van der Waals surface area (Å²) in [4.78, 5) is 10.2. The molecular weight excluding hydrogens is 296 g/mol. The molecule has 0 saturated heterocycles. The molecular formula is C13H12N2O5S. The minimum absolute atomic E-state index is 0.300. The van der Waals surface area contributed by atoms with Gasteiger partial charge >= 0.3 is 0 Å². The van der Waals surface area contributed by atoms with Gasteiger partial charge < -0.3 is 4.74 Å². The Kier molecular flexibility index (Phi) is 3.92. The first-order chi connectivity index (χ1) is 9.82. The molecule has 21 heavy (non-hydrogen) atoms. The lowest BCUT2D eigenvalue weighted by atomic mass is 10.0. The van der Waals surface area contributed by atoms with Crippen molar-refractivity contribution in [3.63, 3.8) is 0 Å². The molecule has 2 aromatic carbocycles. The van der Waals surface area contributed by atoms with E-state index in [-0.39, 0.29) is 10.6 Å². The Hall–Kier alpha value is -2.45. The summed E-state index contributed by atoms with van der Waals surface area (Å²) in [5.41, 5.74) is 0.546. The lowest BCUT2D eigenvalue weighted by molar-refractivity contribution is -0.384. The maximum absolute atomic E-state index is 11.3. The van der Waals surface area contributed by atoms with E-state index in [0.29, 0.717) is 16.9 Å². The number of hydrogen-bond acceptors (Lipinski definition) is 5. The second-order valence-electron chi connectivity index (χ2n) is 4.21. The van der Waals surface area contributed by atoms with Crippen LogP contribution < -0.4 is 9.88 Å². The van der Waals surface area contributed by atoms with Crippen LogP contribution in [0, 0.1) is 10.1 Å². The van der Waals surface area contributed by atoms with Crippen LogP contribution >= 0.6 is 0 Å². The van der Waals surface area contributed by atoms with Crippen LogP contribution in [0.15, 0.2) is 47.4 Å². The second kappa shape index (κ2) is 5.51. The first-order valence-electron chi connectivity index (χ1n) is 5.78. The highest BCUT2D eigenvalue weighted by Gasteiger charge is 2.19. The maximum Gasteiger partial charge on any atom is 0.278 e. The molecule has 0 bridgehead atoms. The number of nitro groups is 1. The molecule has 0 aliphatic carbocycles. The largest absolute Gasteiger partial charge is 0.497 e. The first-order valence-corrected chi connectivity index (χ1v) is 7.33. The van der Waals surface area contributed by atoms with E-state index >= 15 is 0 Å². The molecule has 2 N–H and O–H groups in total. The van der Waals surface area contributed by atoms with Crippen molar-refractivity contribution in [3.8, 4) is 16.9 Å². The zero-order valence-corrected chi connectivity index (χ0v) is 11.8. The van der Waals surface area contributed by atoms with Crippen LogP contribution in [0.3, 0.4) is 0 Å². The fourth-order valence-electron chi connectivity index (χ4n) is 1.85. The van der Waals surface area contributed by atoms with E-state index in [1.807, 2.05) is 0 Å². The molecule has 0 atom stereocenters. The van der Waals surface area contributed by atoms with Gasteiger partial charge in [0.25, 0.3) is 5.69 Å². The van der Waals surface area contributed by atoms with Gasteiger partial charge in [0.1, 0.15) is 5.75 Å². The molecule has 0 saturated carbocycles. The van der Waals surface area contributed by atoms with E-state index in [1.165, 1.54) is 19.2 Å². The fourth-order valence-corrected chi connectivity index (χ4v) is 2.39. The van der Waals surface area contributed by atoms with E-state index in [0.717, 1.165) is 6.07 Å². The molecule has 110 valence electrons. The number of nitro benzene ring substituents is 1. The van der Waals surface area contributed by atoms with Crippen LogP contribution in [-0.4, -0.2) is 20.5 Å². The predicted molar refractivity (Wildman–Crippen MR) is 76.5 cm³/mol. The molecule has 8 heteroatoms. The molecule has 0 unspecified atom stereocenters. The molecule has 2 rings (SSSR count). The van der Waals surface area contributed by atoms with Crippen molar-refractivity contribution < 1.29 is 18.1 Å². The van der Waals surface area contributed by atoms with Crippen molar-refractivity contribution in [1.82, 2.24) is 0 Å². The topological polar surface area (TPSA) is 113 Å². The molecule has 0 aliphatic rings. The minimum atomic E-state index is -3.99. The van der Waals surface area contributed by atoms with Gasteiger partial charge in [-0.05, 0) is 29.8 Å². The number of primary sulfonamides is 1. The second-order valence-corrected chi connectivity index (χ2v) is 5.77. The summed E-state index contributed by atoms with van der Waals surface area (Å²) in [5, 5.41) is 16.1. The number of methoxy groups -OCH3 is 1. The third-order valence-corrected chi connectivity index (χ3v) is 3.81. The summed E-state index contributed by atoms with van der Waals surface area (Å²) in [6.45, 7) is 0. The van der Waals surface area contributed by atoms with Gasteiger partial charge in [-0.3, -0.25) is 10.1 Å². The van der Waals surface area contributed by atoms with Crippen LogP contribution in [0.2, 0.25) is 0 Å². The van der Waals surface area contributed by atoms with Crippen LogP contribution in [0.25, 0.3) is 11.1 Å². The Balaban J connectivity index is 2.60. The van der Waals surface area contributed by atoms with E-state index in [4.69, 9.17) is 9.88 Å². The molecule has 2 aromatic rings. The molecule has 0 aliphatic heterocycles. The fraction of sp³-hybridized carbons (Fsp3) is 0.0769. The zero-order chi connectivity index (χ0) is 15.6. The van der Waals surface area contributed by atoms with Gasteiger partial charge in [-0.2, -0.15) is 0 Å². The number of hydrogen-bond donors (Lipinski definition) is 1. The smallest absolute Gasteiger partial charge is 0.278 e. The molecule has 0 spiro atoms. The molecule has 7 nitrogen and oxygen atoms in total. The maximum atomic E-state index is 11.3. The number of nitrogens with two attached hydrogens (primary N) is 1. The van der Waals surface area contributed by atoms with E-state index in [2.05, 4.69) is 0 Å². The number of sulfonamides is 1. The van der Waals surface area contributed by atoms with Gasteiger partial charge in [-0.15, -0.1) is 0 Å². The van der Waals surface area contributed by atoms with E-state index in [9.17, 15) is 18.5 Å². The van der Waals surface area contributed by atoms with Gasteiger partial charge in [0.2, 0.25) is 10.0 Å². The average molecular weight is 308 g/mol. The predicted octanol–water partition coefficient (Wildman–Crippen LogP) is 1.92. The van der Waals surface area contributed by atoms with E-state index in [1.54, 1.807) is 24.3 Å². The van der Waals surface area contributed by atoms with Crippen molar-refractivity contribution in [3.05, 3.63) is 52.6 Å². The number of benzene rings is 2. The van der Waals surface area contributed by atoms with Crippen LogP contribution in [0.4, 0.5) is 5.69 Å². The summed E-state index contributed by atoms with van der Waals surface area (Å²) in [6, 6.07) is 10.2. The average Bonchev–Trinajstić information content (AvgIpc) is 2.45. The highest BCUT2D eigenvalue weighted by Crippen LogP contribution is 2.32. The normalized spacial score (nSPS) is 11.1. The van der Waals surface area contributed by atoms with Gasteiger partial charge in [0.05, 0.1) is 22.5 Å². The highest BCUT2D eigenvalue weighted by molar-refractivity contribution is 7.89. The molecule has 0 radical (unpaired) electrons. The summed E-state index contributed by atoms with van der Waals surface area (Å²) < 4.78 is 27.6. The molecule has 0 aromatic heterocycles. The van der Waals surface area contributed by atoms with E-state index < -0.39 is 14.9 Å². The van der Waals surface area contributed by atoms with Crippen molar-refractivity contribution in [2.75, 3.05) is 7.11 Å². The molecule has 0 heterocycles. The Labute approximate surface area is 121 Å². The Morgan fingerprint density at radius 3 is 2.24 bits per heavy atom. The lowest BCUT2D eigenvalue weighted by Gasteiger charge is -2.06. The third kappa shape index (κ3) is 3.18. The Morgan fingerprint density at radius 1 is 1.14 bits per heavy atom. The first kappa shape index (κ1) is 14.9. The van der Waals surface area contributed by atoms with Crippen molar-refractivity contribution in [1.29, 1.82) is 0 Å². The summed E-state index contributed by atoms with van der Waals surface area (Å²) >= 11 is 0. The number of ether oxygens (including phenoxy) is 1. The standard InChI is InChI=1S/C13H12N2O5S/c1-20-10-4-2-9(3-5-10)12-7-6-11(21(14,18)19)8-13(12)15(16)17/h2-8H,1H3,(H2,14,18,19). The summed E-state index contributed by atoms with van der Waals surface area (Å²) in [6.07, 6.45) is 0. The van der Waals surface area contributed by atoms with Crippen molar-refractivity contribution in [2.45, 2.75) is 4.90 Å². The van der Waals surface area contributed by atoms with Crippen LogP contribution in [0.5, 0.6) is 5.75 Å². The molecule has 0 fully saturated rings. The van der Waals surface area contributed by atoms with Gasteiger partial charge in [-0.1, -0.05) is 12.1 Å². The number of rotatable bonds is 4. The quantitative estimate of drug-likeness (QED) is 0.684. The summed E-state index contributed by atoms with van der Waals surface area (Å²) in [7, 11) is -2.48. The Morgan fingerprint density at radius 2 is 1.76 bits per heavy atom. The van der Waals surface area contributed by atoms with Crippen LogP contribution in [0.1, 0.15) is 0 Å². The minimum Gasteiger partial charge on any atom is -0.497 e. The van der Waals surface area contributed by atoms with Gasteiger partial charge in [0, 0.05) is 6.07 Å².